The third-order valence-electron chi connectivity index (χ3n) is 4.95. The molecule has 3 unspecified atom stereocenters. The average Bonchev–Trinajstić information content (AvgIpc) is 2.58. The number of ether oxygens (including phenoxy) is 2. The van der Waals surface area contributed by atoms with E-state index < -0.39 is 35.1 Å². The lowest BCUT2D eigenvalue weighted by molar-refractivity contribution is -0.151. The number of phenols is 2. The third kappa shape index (κ3) is 3.41. The van der Waals surface area contributed by atoms with Gasteiger partial charge in [-0.1, -0.05) is 6.08 Å². The van der Waals surface area contributed by atoms with E-state index in [0.29, 0.717) is 16.9 Å². The quantitative estimate of drug-likeness (QED) is 0.683. The number of allylic oxidation sites excluding steroid dienone is 3. The lowest BCUT2D eigenvalue weighted by atomic mass is 9.75. The van der Waals surface area contributed by atoms with Gasteiger partial charge in [-0.25, -0.2) is 4.79 Å². The first-order valence-electron chi connectivity index (χ1n) is 8.84. The zero-order chi connectivity index (χ0) is 20.6. The van der Waals surface area contributed by atoms with Gasteiger partial charge >= 0.3 is 5.97 Å². The van der Waals surface area contributed by atoms with Gasteiger partial charge in [0.15, 0.2) is 11.4 Å². The highest BCUT2D eigenvalue weighted by molar-refractivity contribution is 6.00. The molecule has 3 atom stereocenters. The van der Waals surface area contributed by atoms with Crippen molar-refractivity contribution in [2.45, 2.75) is 32.5 Å². The third-order valence-corrected chi connectivity index (χ3v) is 4.95. The molecule has 3 N–H and O–H groups in total. The molecule has 3 rings (SSSR count). The first-order valence-corrected chi connectivity index (χ1v) is 8.84. The van der Waals surface area contributed by atoms with Crippen LogP contribution in [-0.2, 0) is 14.3 Å². The second-order valence-corrected chi connectivity index (χ2v) is 7.10. The predicted molar refractivity (Wildman–Crippen MR) is 99.8 cm³/mol. The largest absolute Gasteiger partial charge is 0.508 e. The molecular weight excluding hydrogens is 364 g/mol. The fraction of sp³-hybridized carbons (Fsp3) is 0.333. The van der Waals surface area contributed by atoms with Crippen LogP contribution in [0.2, 0.25) is 0 Å². The van der Waals surface area contributed by atoms with Crippen molar-refractivity contribution in [3.05, 3.63) is 58.9 Å². The van der Waals surface area contributed by atoms with Gasteiger partial charge in [-0.05, 0) is 56.2 Å². The van der Waals surface area contributed by atoms with Crippen LogP contribution in [0.25, 0.3) is 0 Å². The number of fused-ring (bicyclic) bond motifs is 1. The van der Waals surface area contributed by atoms with Crippen molar-refractivity contribution in [3.63, 3.8) is 0 Å². The Labute approximate surface area is 162 Å². The smallest absolute Gasteiger partial charge is 0.342 e. The van der Waals surface area contributed by atoms with Gasteiger partial charge in [0.25, 0.3) is 0 Å². The molecule has 2 aliphatic rings. The minimum atomic E-state index is -1.94. The lowest BCUT2D eigenvalue weighted by Crippen LogP contribution is -2.56. The SMILES string of the molecule is C/C=C/C1=CC2=CC(=O)C(C)(O)C(OC(=O)c3c(C)cc(O)cc3O)C2CO1. The molecule has 0 amide bonds. The van der Waals surface area contributed by atoms with Crippen LogP contribution in [0.3, 0.4) is 0 Å². The van der Waals surface area contributed by atoms with E-state index in [1.54, 1.807) is 18.2 Å². The van der Waals surface area contributed by atoms with E-state index >= 15 is 0 Å². The van der Waals surface area contributed by atoms with Crippen molar-refractivity contribution in [2.75, 3.05) is 6.61 Å². The molecule has 0 saturated carbocycles. The van der Waals surface area contributed by atoms with Crippen LogP contribution in [0.15, 0.2) is 47.8 Å². The van der Waals surface area contributed by atoms with Gasteiger partial charge in [-0.15, -0.1) is 0 Å². The molecule has 7 nitrogen and oxygen atoms in total. The molecule has 0 spiro atoms. The van der Waals surface area contributed by atoms with Crippen LogP contribution in [0.4, 0.5) is 0 Å². The summed E-state index contributed by atoms with van der Waals surface area (Å²) in [4.78, 5) is 25.2. The Morgan fingerprint density at radius 1 is 1.32 bits per heavy atom. The van der Waals surface area contributed by atoms with Gasteiger partial charge < -0.3 is 24.8 Å². The topological polar surface area (TPSA) is 113 Å². The number of esters is 1. The lowest BCUT2D eigenvalue weighted by Gasteiger charge is -2.41. The Hall–Kier alpha value is -3.06. The first-order chi connectivity index (χ1) is 13.1. The predicted octanol–water partition coefficient (Wildman–Crippen LogP) is 2.30. The second-order valence-electron chi connectivity index (χ2n) is 7.10. The second kappa shape index (κ2) is 7.16. The van der Waals surface area contributed by atoms with Crippen LogP contribution in [0.1, 0.15) is 29.8 Å². The zero-order valence-electron chi connectivity index (χ0n) is 15.8. The molecule has 7 heteroatoms. The van der Waals surface area contributed by atoms with E-state index in [4.69, 9.17) is 9.47 Å². The standard InChI is InChI=1S/C21H22O7/c1-4-5-14-7-12-8-17(24)21(3,26)19(15(12)10-27-14)28-20(25)18-11(2)6-13(22)9-16(18)23/h4-9,15,19,22-23,26H,10H2,1-3H3/b5-4+. The van der Waals surface area contributed by atoms with E-state index in [1.807, 2.05) is 6.92 Å². The number of aliphatic hydroxyl groups is 1. The number of carbonyl (C=O) groups is 2. The molecule has 0 radical (unpaired) electrons. The average molecular weight is 386 g/mol. The minimum Gasteiger partial charge on any atom is -0.508 e. The van der Waals surface area contributed by atoms with Crippen molar-refractivity contribution in [1.29, 1.82) is 0 Å². The van der Waals surface area contributed by atoms with E-state index in [2.05, 4.69) is 0 Å². The number of aromatic hydroxyl groups is 2. The Morgan fingerprint density at radius 2 is 2.04 bits per heavy atom. The summed E-state index contributed by atoms with van der Waals surface area (Å²) in [5, 5.41) is 30.3. The molecule has 1 heterocycles. The van der Waals surface area contributed by atoms with Crippen LogP contribution < -0.4 is 0 Å². The minimum absolute atomic E-state index is 0.115. The van der Waals surface area contributed by atoms with Gasteiger partial charge in [-0.2, -0.15) is 0 Å². The monoisotopic (exact) mass is 386 g/mol. The first kappa shape index (κ1) is 19.7. The maximum Gasteiger partial charge on any atom is 0.342 e. The van der Waals surface area contributed by atoms with E-state index in [-0.39, 0.29) is 17.9 Å². The van der Waals surface area contributed by atoms with E-state index in [0.717, 1.165) is 6.07 Å². The molecule has 1 aliphatic heterocycles. The number of aryl methyl sites for hydroxylation is 1. The van der Waals surface area contributed by atoms with Gasteiger partial charge in [0.2, 0.25) is 0 Å². The number of hydrogen-bond acceptors (Lipinski definition) is 7. The summed E-state index contributed by atoms with van der Waals surface area (Å²) in [6.07, 6.45) is 5.34. The van der Waals surface area contributed by atoms with Gasteiger partial charge in [0.05, 0.1) is 12.5 Å². The highest BCUT2D eigenvalue weighted by atomic mass is 16.6. The highest BCUT2D eigenvalue weighted by Crippen LogP contribution is 2.38. The Morgan fingerprint density at radius 3 is 2.68 bits per heavy atom. The maximum absolute atomic E-state index is 12.7. The number of benzene rings is 1. The van der Waals surface area contributed by atoms with Crippen LogP contribution >= 0.6 is 0 Å². The van der Waals surface area contributed by atoms with Gasteiger partial charge in [0, 0.05) is 6.07 Å². The Balaban J connectivity index is 1.96. The van der Waals surface area contributed by atoms with Gasteiger partial charge in [0.1, 0.15) is 28.9 Å². The van der Waals surface area contributed by atoms with Crippen LogP contribution in [0.5, 0.6) is 11.5 Å². The summed E-state index contributed by atoms with van der Waals surface area (Å²) in [6, 6.07) is 2.33. The molecule has 1 aliphatic carbocycles. The molecule has 0 aromatic heterocycles. The van der Waals surface area contributed by atoms with Crippen molar-refractivity contribution in [3.8, 4) is 11.5 Å². The zero-order valence-corrected chi connectivity index (χ0v) is 15.8. The van der Waals surface area contributed by atoms with E-state index in [9.17, 15) is 24.9 Å². The summed E-state index contributed by atoms with van der Waals surface area (Å²) in [6.45, 7) is 4.76. The molecule has 148 valence electrons. The summed E-state index contributed by atoms with van der Waals surface area (Å²) in [5.41, 5.74) is -1.19. The highest BCUT2D eigenvalue weighted by Gasteiger charge is 2.51. The summed E-state index contributed by atoms with van der Waals surface area (Å²) < 4.78 is 11.1. The van der Waals surface area contributed by atoms with E-state index in [1.165, 1.54) is 26.0 Å². The number of rotatable bonds is 3. The van der Waals surface area contributed by atoms with Crippen molar-refractivity contribution in [2.24, 2.45) is 5.92 Å². The Bertz CT molecular complexity index is 898. The maximum atomic E-state index is 12.7. The van der Waals surface area contributed by atoms with Gasteiger partial charge in [-0.3, -0.25) is 4.79 Å². The Kier molecular flexibility index (Phi) is 5.04. The fourth-order valence-electron chi connectivity index (χ4n) is 3.48. The number of phenolic OH excluding ortho intramolecular Hbond substituents is 2. The molecule has 1 aromatic rings. The van der Waals surface area contributed by atoms with Crippen molar-refractivity contribution < 1.29 is 34.4 Å². The molecule has 0 saturated heterocycles. The van der Waals surface area contributed by atoms with Crippen molar-refractivity contribution >= 4 is 11.8 Å². The molecule has 1 aromatic carbocycles. The summed E-state index contributed by atoms with van der Waals surface area (Å²) >= 11 is 0. The number of hydrogen-bond donors (Lipinski definition) is 3. The molecular formula is C21H22O7. The number of ketones is 1. The van der Waals surface area contributed by atoms with Crippen LogP contribution in [-0.4, -0.2) is 45.4 Å². The fourth-order valence-corrected chi connectivity index (χ4v) is 3.48. The van der Waals surface area contributed by atoms with Crippen molar-refractivity contribution in [1.82, 2.24) is 0 Å². The van der Waals surface area contributed by atoms with Crippen LogP contribution in [0, 0.1) is 12.8 Å². The summed E-state index contributed by atoms with van der Waals surface area (Å²) in [7, 11) is 0. The number of carbonyl (C=O) groups excluding carboxylic acids is 2. The molecule has 0 fully saturated rings. The molecule has 28 heavy (non-hydrogen) atoms. The normalized spacial score (nSPS) is 26.9. The molecule has 0 bridgehead atoms. The summed E-state index contributed by atoms with van der Waals surface area (Å²) in [5.74, 6) is -2.12.